The Morgan fingerprint density at radius 2 is 1.95 bits per heavy atom. The average Bonchev–Trinajstić information content (AvgIpc) is 2.68. The van der Waals surface area contributed by atoms with Crippen molar-refractivity contribution in [1.29, 1.82) is 0 Å². The van der Waals surface area contributed by atoms with Gasteiger partial charge in [0.15, 0.2) is 0 Å². The van der Waals surface area contributed by atoms with E-state index in [-0.39, 0.29) is 17.6 Å². The predicted molar refractivity (Wildman–Crippen MR) is 77.7 cm³/mol. The minimum absolute atomic E-state index is 0.175. The van der Waals surface area contributed by atoms with E-state index in [9.17, 15) is 4.79 Å². The first-order valence-corrected chi connectivity index (χ1v) is 7.58. The molecule has 2 aliphatic rings. The molecule has 0 radical (unpaired) electrons. The number of ether oxygens (including phenoxy) is 2. The summed E-state index contributed by atoms with van der Waals surface area (Å²) >= 11 is 0. The summed E-state index contributed by atoms with van der Waals surface area (Å²) in [5, 5.41) is 6.59. The SMILES string of the molecule is CC1(CNC2CCCC2NC(=O)OC(C)(C)C)COC1. The lowest BCUT2D eigenvalue weighted by Crippen LogP contribution is -2.53. The van der Waals surface area contributed by atoms with Crippen LogP contribution in [-0.2, 0) is 9.47 Å². The van der Waals surface area contributed by atoms with Crippen LogP contribution in [0.15, 0.2) is 0 Å². The molecule has 1 saturated carbocycles. The third-order valence-corrected chi connectivity index (χ3v) is 3.91. The highest BCUT2D eigenvalue weighted by Gasteiger charge is 2.36. The van der Waals surface area contributed by atoms with Gasteiger partial charge in [0.1, 0.15) is 5.60 Å². The van der Waals surface area contributed by atoms with E-state index in [1.165, 1.54) is 0 Å². The van der Waals surface area contributed by atoms with Crippen molar-refractivity contribution >= 4 is 6.09 Å². The molecule has 1 aliphatic heterocycles. The summed E-state index contributed by atoms with van der Waals surface area (Å²) in [4.78, 5) is 11.8. The van der Waals surface area contributed by atoms with Gasteiger partial charge in [-0.3, -0.25) is 0 Å². The van der Waals surface area contributed by atoms with Crippen LogP contribution in [0.2, 0.25) is 0 Å². The van der Waals surface area contributed by atoms with Crippen LogP contribution in [-0.4, -0.2) is 43.5 Å². The highest BCUT2D eigenvalue weighted by Crippen LogP contribution is 2.27. The van der Waals surface area contributed by atoms with E-state index >= 15 is 0 Å². The minimum Gasteiger partial charge on any atom is -0.444 e. The lowest BCUT2D eigenvalue weighted by molar-refractivity contribution is -0.100. The van der Waals surface area contributed by atoms with Crippen LogP contribution in [0.1, 0.15) is 47.0 Å². The lowest BCUT2D eigenvalue weighted by Gasteiger charge is -2.39. The van der Waals surface area contributed by atoms with Crippen molar-refractivity contribution in [3.63, 3.8) is 0 Å². The first-order chi connectivity index (χ1) is 9.27. The van der Waals surface area contributed by atoms with Crippen molar-refractivity contribution in [3.8, 4) is 0 Å². The zero-order valence-electron chi connectivity index (χ0n) is 13.1. The first kappa shape index (κ1) is 15.6. The Labute approximate surface area is 121 Å². The molecule has 2 fully saturated rings. The topological polar surface area (TPSA) is 59.6 Å². The number of hydrogen-bond donors (Lipinski definition) is 2. The summed E-state index contributed by atoms with van der Waals surface area (Å²) in [6, 6.07) is 0.523. The van der Waals surface area contributed by atoms with E-state index < -0.39 is 5.60 Å². The molecule has 1 heterocycles. The quantitative estimate of drug-likeness (QED) is 0.829. The second kappa shape index (κ2) is 5.90. The molecule has 2 rings (SSSR count). The molecule has 0 aromatic rings. The lowest BCUT2D eigenvalue weighted by atomic mass is 9.88. The van der Waals surface area contributed by atoms with Gasteiger partial charge in [0.05, 0.1) is 13.2 Å². The van der Waals surface area contributed by atoms with Crippen LogP contribution in [0.3, 0.4) is 0 Å². The number of hydrogen-bond acceptors (Lipinski definition) is 4. The van der Waals surface area contributed by atoms with E-state index in [0.29, 0.717) is 6.04 Å². The van der Waals surface area contributed by atoms with Gasteiger partial charge in [0.25, 0.3) is 0 Å². The van der Waals surface area contributed by atoms with Crippen LogP contribution in [0.25, 0.3) is 0 Å². The molecule has 20 heavy (non-hydrogen) atoms. The molecule has 1 saturated heterocycles. The van der Waals surface area contributed by atoms with E-state index in [1.54, 1.807) is 0 Å². The molecule has 2 atom stereocenters. The minimum atomic E-state index is -0.442. The molecule has 0 aromatic carbocycles. The Hall–Kier alpha value is -0.810. The summed E-state index contributed by atoms with van der Waals surface area (Å²) in [7, 11) is 0. The van der Waals surface area contributed by atoms with Crippen molar-refractivity contribution in [1.82, 2.24) is 10.6 Å². The summed E-state index contributed by atoms with van der Waals surface area (Å²) in [5.74, 6) is 0. The Balaban J connectivity index is 1.77. The zero-order valence-corrected chi connectivity index (χ0v) is 13.1. The molecule has 5 nitrogen and oxygen atoms in total. The molecule has 116 valence electrons. The fourth-order valence-electron chi connectivity index (χ4n) is 2.77. The van der Waals surface area contributed by atoms with Gasteiger partial charge in [-0.15, -0.1) is 0 Å². The Morgan fingerprint density at radius 3 is 2.50 bits per heavy atom. The van der Waals surface area contributed by atoms with Crippen molar-refractivity contribution < 1.29 is 14.3 Å². The third kappa shape index (κ3) is 4.35. The number of carbonyl (C=O) groups excluding carboxylic acids is 1. The van der Waals surface area contributed by atoms with Crippen molar-refractivity contribution in [3.05, 3.63) is 0 Å². The van der Waals surface area contributed by atoms with Crippen LogP contribution in [0, 0.1) is 5.41 Å². The van der Waals surface area contributed by atoms with Gasteiger partial charge in [-0.05, 0) is 40.0 Å². The third-order valence-electron chi connectivity index (χ3n) is 3.91. The average molecular weight is 284 g/mol. The Morgan fingerprint density at radius 1 is 1.30 bits per heavy atom. The number of alkyl carbamates (subject to hydrolysis) is 1. The summed E-state index contributed by atoms with van der Waals surface area (Å²) in [5.41, 5.74) is -0.179. The summed E-state index contributed by atoms with van der Waals surface area (Å²) in [6.07, 6.45) is 2.96. The molecule has 5 heteroatoms. The normalized spacial score (nSPS) is 28.8. The highest BCUT2D eigenvalue weighted by atomic mass is 16.6. The largest absolute Gasteiger partial charge is 0.444 e. The Bertz CT molecular complexity index is 348. The maximum absolute atomic E-state index is 11.8. The summed E-state index contributed by atoms with van der Waals surface area (Å²) in [6.45, 7) is 10.5. The predicted octanol–water partition coefficient (Wildman–Crippen LogP) is 2.06. The van der Waals surface area contributed by atoms with E-state index in [2.05, 4.69) is 17.6 Å². The number of nitrogens with one attached hydrogen (secondary N) is 2. The summed E-state index contributed by atoms with van der Waals surface area (Å²) < 4.78 is 10.6. The second-order valence-corrected chi connectivity index (χ2v) is 7.47. The van der Waals surface area contributed by atoms with Crippen LogP contribution >= 0.6 is 0 Å². The van der Waals surface area contributed by atoms with Crippen LogP contribution in [0.5, 0.6) is 0 Å². The fourth-order valence-corrected chi connectivity index (χ4v) is 2.77. The van der Waals surface area contributed by atoms with Crippen molar-refractivity contribution in [2.75, 3.05) is 19.8 Å². The standard InChI is InChI=1S/C15H28N2O3/c1-14(2,3)20-13(18)17-12-7-5-6-11(12)16-8-15(4)9-19-10-15/h11-12,16H,5-10H2,1-4H3,(H,17,18). The van der Waals surface area contributed by atoms with Crippen LogP contribution < -0.4 is 10.6 Å². The molecule has 1 amide bonds. The molecule has 2 unspecified atom stereocenters. The van der Waals surface area contributed by atoms with Gasteiger partial charge < -0.3 is 20.1 Å². The highest BCUT2D eigenvalue weighted by molar-refractivity contribution is 5.68. The Kier molecular flexibility index (Phi) is 4.59. The molecule has 0 spiro atoms. The van der Waals surface area contributed by atoms with Gasteiger partial charge in [-0.1, -0.05) is 6.92 Å². The van der Waals surface area contributed by atoms with Crippen molar-refractivity contribution in [2.45, 2.75) is 64.6 Å². The van der Waals surface area contributed by atoms with E-state index in [0.717, 1.165) is 39.0 Å². The number of amides is 1. The maximum Gasteiger partial charge on any atom is 0.407 e. The molecule has 0 aromatic heterocycles. The van der Waals surface area contributed by atoms with Gasteiger partial charge in [0.2, 0.25) is 0 Å². The van der Waals surface area contributed by atoms with Gasteiger partial charge >= 0.3 is 6.09 Å². The first-order valence-electron chi connectivity index (χ1n) is 7.58. The fraction of sp³-hybridized carbons (Fsp3) is 0.933. The molecule has 1 aliphatic carbocycles. The monoisotopic (exact) mass is 284 g/mol. The molecule has 2 N–H and O–H groups in total. The molecular formula is C15H28N2O3. The van der Waals surface area contributed by atoms with Crippen molar-refractivity contribution in [2.24, 2.45) is 5.41 Å². The van der Waals surface area contributed by atoms with Gasteiger partial charge in [-0.2, -0.15) is 0 Å². The number of carbonyl (C=O) groups is 1. The maximum atomic E-state index is 11.8. The van der Waals surface area contributed by atoms with Gasteiger partial charge in [-0.25, -0.2) is 4.79 Å². The van der Waals surface area contributed by atoms with E-state index in [1.807, 2.05) is 20.8 Å². The van der Waals surface area contributed by atoms with Gasteiger partial charge in [0, 0.05) is 24.0 Å². The second-order valence-electron chi connectivity index (χ2n) is 7.47. The molecular weight excluding hydrogens is 256 g/mol. The smallest absolute Gasteiger partial charge is 0.407 e. The van der Waals surface area contributed by atoms with E-state index in [4.69, 9.17) is 9.47 Å². The number of rotatable bonds is 4. The van der Waals surface area contributed by atoms with Crippen LogP contribution in [0.4, 0.5) is 4.79 Å². The molecule has 0 bridgehead atoms. The zero-order chi connectivity index (χ0) is 14.8.